The van der Waals surface area contributed by atoms with Gasteiger partial charge < -0.3 is 10.2 Å². The van der Waals surface area contributed by atoms with Crippen molar-refractivity contribution in [3.63, 3.8) is 0 Å². The van der Waals surface area contributed by atoms with Gasteiger partial charge in [-0.2, -0.15) is 0 Å². The van der Waals surface area contributed by atoms with Crippen molar-refractivity contribution in [2.24, 2.45) is 0 Å². The lowest BCUT2D eigenvalue weighted by molar-refractivity contribution is -0.141. The highest BCUT2D eigenvalue weighted by atomic mass is 35.5. The van der Waals surface area contributed by atoms with Gasteiger partial charge in [-0.25, -0.2) is 0 Å². The van der Waals surface area contributed by atoms with Crippen LogP contribution < -0.4 is 5.32 Å². The van der Waals surface area contributed by atoms with Crippen LogP contribution in [0.4, 0.5) is 0 Å². The molecule has 6 heteroatoms. The van der Waals surface area contributed by atoms with Gasteiger partial charge >= 0.3 is 0 Å². The van der Waals surface area contributed by atoms with E-state index in [1.807, 2.05) is 58.9 Å². The number of carbonyl (C=O) groups is 2. The van der Waals surface area contributed by atoms with E-state index in [1.165, 1.54) is 0 Å². The van der Waals surface area contributed by atoms with Crippen LogP contribution >= 0.6 is 23.2 Å². The van der Waals surface area contributed by atoms with Crippen molar-refractivity contribution in [3.8, 4) is 0 Å². The normalized spacial score (nSPS) is 12.9. The molecule has 168 valence electrons. The van der Waals surface area contributed by atoms with Gasteiger partial charge in [0.25, 0.3) is 0 Å². The van der Waals surface area contributed by atoms with Crippen LogP contribution in [0.5, 0.6) is 0 Å². The van der Waals surface area contributed by atoms with Crippen LogP contribution in [-0.4, -0.2) is 28.8 Å². The first-order chi connectivity index (χ1) is 14.7. The Morgan fingerprint density at radius 1 is 1.00 bits per heavy atom. The van der Waals surface area contributed by atoms with E-state index in [9.17, 15) is 9.59 Å². The lowest BCUT2D eigenvalue weighted by Gasteiger charge is -2.32. The Bertz CT molecular complexity index is 930. The summed E-state index contributed by atoms with van der Waals surface area (Å²) in [5.74, 6) is -0.225. The maximum absolute atomic E-state index is 13.5. The standard InChI is InChI=1S/C25H32Cl2N2O2/c1-6-18(5)28-25(31)23(7-2)29(15-19-10-11-21(26)22(27)13-19)24(30)14-20-12-16(3)8-9-17(20)4/h8-13,18,23H,6-7,14-15H2,1-5H3,(H,28,31)/t18-,23+/m0/s1. The molecule has 0 bridgehead atoms. The summed E-state index contributed by atoms with van der Waals surface area (Å²) in [6, 6.07) is 10.9. The van der Waals surface area contributed by atoms with E-state index in [0.717, 1.165) is 28.7 Å². The minimum absolute atomic E-state index is 0.0440. The van der Waals surface area contributed by atoms with Crippen molar-refractivity contribution in [1.82, 2.24) is 10.2 Å². The molecule has 0 saturated carbocycles. The van der Waals surface area contributed by atoms with Gasteiger partial charge in [0.1, 0.15) is 6.04 Å². The fraction of sp³-hybridized carbons (Fsp3) is 0.440. The predicted octanol–water partition coefficient (Wildman–Crippen LogP) is 5.87. The third kappa shape index (κ3) is 6.98. The number of nitrogens with zero attached hydrogens (tertiary/aromatic N) is 1. The van der Waals surface area contributed by atoms with Gasteiger partial charge in [-0.15, -0.1) is 0 Å². The molecule has 0 fully saturated rings. The van der Waals surface area contributed by atoms with E-state index < -0.39 is 6.04 Å². The fourth-order valence-electron chi connectivity index (χ4n) is 3.45. The second-order valence-electron chi connectivity index (χ2n) is 8.12. The highest BCUT2D eigenvalue weighted by Gasteiger charge is 2.29. The molecular weight excluding hydrogens is 431 g/mol. The summed E-state index contributed by atoms with van der Waals surface area (Å²) in [4.78, 5) is 28.2. The molecular formula is C25H32Cl2N2O2. The van der Waals surface area contributed by atoms with Crippen molar-refractivity contribution in [2.45, 2.75) is 72.5 Å². The molecule has 2 amide bonds. The van der Waals surface area contributed by atoms with Crippen molar-refractivity contribution >= 4 is 35.0 Å². The zero-order valence-corrected chi connectivity index (χ0v) is 20.5. The molecule has 0 radical (unpaired) electrons. The molecule has 2 aromatic carbocycles. The molecule has 0 saturated heterocycles. The number of amides is 2. The maximum atomic E-state index is 13.5. The average Bonchev–Trinajstić information content (AvgIpc) is 2.72. The van der Waals surface area contributed by atoms with E-state index in [0.29, 0.717) is 16.5 Å². The number of carbonyl (C=O) groups excluding carboxylic acids is 2. The van der Waals surface area contributed by atoms with Crippen LogP contribution in [0.25, 0.3) is 0 Å². The Kier molecular flexibility index (Phi) is 9.39. The van der Waals surface area contributed by atoms with Crippen LogP contribution in [0.1, 0.15) is 55.9 Å². The maximum Gasteiger partial charge on any atom is 0.243 e. The van der Waals surface area contributed by atoms with Gasteiger partial charge in [0.15, 0.2) is 0 Å². The highest BCUT2D eigenvalue weighted by Crippen LogP contribution is 2.24. The summed E-state index contributed by atoms with van der Waals surface area (Å²) in [6.45, 7) is 10.2. The Labute approximate surface area is 195 Å². The zero-order chi connectivity index (χ0) is 23.1. The smallest absolute Gasteiger partial charge is 0.243 e. The minimum Gasteiger partial charge on any atom is -0.352 e. The molecule has 31 heavy (non-hydrogen) atoms. The Hall–Kier alpha value is -2.04. The second kappa shape index (κ2) is 11.5. The molecule has 0 aliphatic carbocycles. The Morgan fingerprint density at radius 2 is 1.71 bits per heavy atom. The van der Waals surface area contributed by atoms with E-state index in [2.05, 4.69) is 5.32 Å². The van der Waals surface area contributed by atoms with Gasteiger partial charge in [-0.05, 0) is 62.4 Å². The molecule has 0 spiro atoms. The van der Waals surface area contributed by atoms with Gasteiger partial charge in [-0.1, -0.05) is 66.9 Å². The van der Waals surface area contributed by atoms with Gasteiger partial charge in [0.2, 0.25) is 11.8 Å². The molecule has 0 aliphatic rings. The van der Waals surface area contributed by atoms with E-state index >= 15 is 0 Å². The first-order valence-electron chi connectivity index (χ1n) is 10.8. The van der Waals surface area contributed by atoms with Crippen LogP contribution in [0.2, 0.25) is 10.0 Å². The molecule has 4 nitrogen and oxygen atoms in total. The number of hydrogen-bond acceptors (Lipinski definition) is 2. The molecule has 0 heterocycles. The van der Waals surface area contributed by atoms with Crippen molar-refractivity contribution in [3.05, 3.63) is 68.7 Å². The predicted molar refractivity (Wildman–Crippen MR) is 129 cm³/mol. The van der Waals surface area contributed by atoms with E-state index in [1.54, 1.807) is 17.0 Å². The SMILES string of the molecule is CC[C@H](C(=O)N[C@@H](C)CC)N(Cc1ccc(Cl)c(Cl)c1)C(=O)Cc1cc(C)ccc1C. The monoisotopic (exact) mass is 462 g/mol. The summed E-state index contributed by atoms with van der Waals surface area (Å²) in [5, 5.41) is 3.91. The number of aryl methyl sites for hydroxylation is 2. The summed E-state index contributed by atoms with van der Waals surface area (Å²) in [6.07, 6.45) is 1.58. The number of nitrogens with one attached hydrogen (secondary N) is 1. The van der Waals surface area contributed by atoms with Crippen molar-refractivity contribution < 1.29 is 9.59 Å². The van der Waals surface area contributed by atoms with Crippen molar-refractivity contribution in [2.75, 3.05) is 0 Å². The molecule has 2 aromatic rings. The molecule has 2 rings (SSSR count). The van der Waals surface area contributed by atoms with E-state index in [-0.39, 0.29) is 30.8 Å². The topological polar surface area (TPSA) is 49.4 Å². The molecule has 2 atom stereocenters. The molecule has 0 unspecified atom stereocenters. The zero-order valence-electron chi connectivity index (χ0n) is 19.0. The third-order valence-corrected chi connectivity index (χ3v) is 6.31. The molecule has 0 aliphatic heterocycles. The summed E-state index contributed by atoms with van der Waals surface area (Å²) in [5.41, 5.74) is 3.97. The van der Waals surface area contributed by atoms with Gasteiger partial charge in [0.05, 0.1) is 16.5 Å². The van der Waals surface area contributed by atoms with E-state index in [4.69, 9.17) is 23.2 Å². The summed E-state index contributed by atoms with van der Waals surface area (Å²) < 4.78 is 0. The number of rotatable bonds is 9. The molecule has 0 aromatic heterocycles. The molecule has 1 N–H and O–H groups in total. The van der Waals surface area contributed by atoms with Crippen LogP contribution in [0.3, 0.4) is 0 Å². The Balaban J connectivity index is 2.36. The largest absolute Gasteiger partial charge is 0.352 e. The van der Waals surface area contributed by atoms with Crippen molar-refractivity contribution in [1.29, 1.82) is 0 Å². The quantitative estimate of drug-likeness (QED) is 0.505. The number of halogens is 2. The first kappa shape index (κ1) is 25.2. The second-order valence-corrected chi connectivity index (χ2v) is 8.93. The lowest BCUT2D eigenvalue weighted by atomic mass is 10.0. The van der Waals surface area contributed by atoms with Gasteiger partial charge in [0, 0.05) is 12.6 Å². The lowest BCUT2D eigenvalue weighted by Crippen LogP contribution is -2.51. The highest BCUT2D eigenvalue weighted by molar-refractivity contribution is 6.42. The minimum atomic E-state index is -0.568. The van der Waals surface area contributed by atoms with Crippen LogP contribution in [0.15, 0.2) is 36.4 Å². The number of hydrogen-bond donors (Lipinski definition) is 1. The summed E-state index contributed by atoms with van der Waals surface area (Å²) >= 11 is 12.2. The average molecular weight is 463 g/mol. The Morgan fingerprint density at radius 3 is 2.32 bits per heavy atom. The van der Waals surface area contributed by atoms with Crippen LogP contribution in [-0.2, 0) is 22.6 Å². The summed E-state index contributed by atoms with van der Waals surface area (Å²) in [7, 11) is 0. The van der Waals surface area contributed by atoms with Crippen LogP contribution in [0, 0.1) is 13.8 Å². The third-order valence-electron chi connectivity index (χ3n) is 5.57. The fourth-order valence-corrected chi connectivity index (χ4v) is 3.77. The first-order valence-corrected chi connectivity index (χ1v) is 11.5. The van der Waals surface area contributed by atoms with Gasteiger partial charge in [-0.3, -0.25) is 9.59 Å². The number of benzene rings is 2.